The molecule has 1 aliphatic heterocycles. The molecule has 0 saturated carbocycles. The maximum absolute atomic E-state index is 11.2. The van der Waals surface area contributed by atoms with Gasteiger partial charge in [0, 0.05) is 30.4 Å². The zero-order valence-corrected chi connectivity index (χ0v) is 10.1. The molecule has 5 heteroatoms. The van der Waals surface area contributed by atoms with Crippen molar-refractivity contribution in [1.82, 2.24) is 0 Å². The van der Waals surface area contributed by atoms with Gasteiger partial charge in [-0.2, -0.15) is 0 Å². The molecule has 0 bridgehead atoms. The summed E-state index contributed by atoms with van der Waals surface area (Å²) in [5.74, 6) is 0.269. The summed E-state index contributed by atoms with van der Waals surface area (Å²) in [6.45, 7) is 0. The topological polar surface area (TPSA) is 65.7 Å². The second-order valence-corrected chi connectivity index (χ2v) is 4.38. The van der Waals surface area contributed by atoms with Gasteiger partial charge in [-0.1, -0.05) is 0 Å². The number of hydrogen-bond donors (Lipinski definition) is 0. The molecule has 2 aromatic rings. The number of ether oxygens (including phenoxy) is 2. The highest BCUT2D eigenvalue weighted by atomic mass is 16.7. The molecule has 1 unspecified atom stereocenters. The summed E-state index contributed by atoms with van der Waals surface area (Å²) in [4.78, 5) is 22.3. The fraction of sp³-hybridized carbons (Fsp3) is 0.286. The lowest BCUT2D eigenvalue weighted by molar-refractivity contribution is -0.171. The Hall–Kier alpha value is -2.30. The van der Waals surface area contributed by atoms with Crippen LogP contribution in [-0.2, 0) is 9.53 Å². The Balaban J connectivity index is 1.84. The molecule has 1 saturated heterocycles. The number of esters is 1. The van der Waals surface area contributed by atoms with Crippen molar-refractivity contribution in [1.29, 1.82) is 0 Å². The van der Waals surface area contributed by atoms with Crippen LogP contribution in [0.25, 0.3) is 11.0 Å². The molecular formula is C14H12O5. The molecule has 3 rings (SSSR count). The Labute approximate surface area is 108 Å². The monoisotopic (exact) mass is 260 g/mol. The predicted octanol–water partition coefficient (Wildman–Crippen LogP) is 2.22. The number of carbonyl (C=O) groups excluding carboxylic acids is 1. The van der Waals surface area contributed by atoms with Crippen LogP contribution in [0.5, 0.6) is 5.75 Å². The smallest absolute Gasteiger partial charge is 0.336 e. The van der Waals surface area contributed by atoms with Gasteiger partial charge in [-0.05, 0) is 24.6 Å². The normalized spacial score (nSPS) is 19.2. The van der Waals surface area contributed by atoms with E-state index in [1.54, 1.807) is 24.3 Å². The third kappa shape index (κ3) is 2.59. The molecular weight excluding hydrogens is 248 g/mol. The fourth-order valence-corrected chi connectivity index (χ4v) is 2.03. The first-order chi connectivity index (χ1) is 9.20. The first-order valence-corrected chi connectivity index (χ1v) is 6.11. The van der Waals surface area contributed by atoms with E-state index in [4.69, 9.17) is 13.9 Å². The van der Waals surface area contributed by atoms with Gasteiger partial charge in [-0.3, -0.25) is 4.79 Å². The van der Waals surface area contributed by atoms with E-state index in [9.17, 15) is 9.59 Å². The quantitative estimate of drug-likeness (QED) is 0.612. The highest BCUT2D eigenvalue weighted by Gasteiger charge is 2.21. The van der Waals surface area contributed by atoms with Crippen molar-refractivity contribution < 1.29 is 18.7 Å². The Kier molecular flexibility index (Phi) is 2.95. The Bertz CT molecular complexity index is 673. The number of rotatable bonds is 2. The van der Waals surface area contributed by atoms with Gasteiger partial charge in [0.1, 0.15) is 11.3 Å². The Morgan fingerprint density at radius 1 is 1.16 bits per heavy atom. The lowest BCUT2D eigenvalue weighted by atomic mass is 10.2. The van der Waals surface area contributed by atoms with Crippen molar-refractivity contribution in [3.8, 4) is 5.75 Å². The van der Waals surface area contributed by atoms with Crippen LogP contribution in [0.2, 0.25) is 0 Å². The molecule has 5 nitrogen and oxygen atoms in total. The van der Waals surface area contributed by atoms with E-state index in [1.807, 2.05) is 0 Å². The zero-order valence-electron chi connectivity index (χ0n) is 10.1. The van der Waals surface area contributed by atoms with Gasteiger partial charge in [-0.25, -0.2) is 4.79 Å². The first kappa shape index (κ1) is 11.8. The minimum atomic E-state index is -0.561. The second kappa shape index (κ2) is 4.76. The van der Waals surface area contributed by atoms with E-state index < -0.39 is 11.9 Å². The molecule has 1 aromatic heterocycles. The van der Waals surface area contributed by atoms with Gasteiger partial charge in [0.15, 0.2) is 0 Å². The van der Waals surface area contributed by atoms with Crippen LogP contribution in [0.4, 0.5) is 0 Å². The number of cyclic esters (lactones) is 1. The summed E-state index contributed by atoms with van der Waals surface area (Å²) in [6, 6.07) is 8.22. The summed E-state index contributed by atoms with van der Waals surface area (Å²) in [5, 5.41) is 0.813. The van der Waals surface area contributed by atoms with Crippen LogP contribution in [0.15, 0.2) is 39.5 Å². The van der Waals surface area contributed by atoms with Crippen molar-refractivity contribution in [2.45, 2.75) is 25.6 Å². The van der Waals surface area contributed by atoms with Gasteiger partial charge in [0.05, 0.1) is 0 Å². The van der Waals surface area contributed by atoms with Crippen molar-refractivity contribution in [2.24, 2.45) is 0 Å². The highest BCUT2D eigenvalue weighted by Crippen LogP contribution is 2.23. The molecule has 0 radical (unpaired) electrons. The summed E-state index contributed by atoms with van der Waals surface area (Å²) in [7, 11) is 0. The largest absolute Gasteiger partial charge is 0.455 e. The van der Waals surface area contributed by atoms with Crippen LogP contribution >= 0.6 is 0 Å². The minimum absolute atomic E-state index is 0.247. The van der Waals surface area contributed by atoms with Crippen LogP contribution in [-0.4, -0.2) is 12.3 Å². The van der Waals surface area contributed by atoms with Crippen LogP contribution in [0, 0.1) is 0 Å². The maximum Gasteiger partial charge on any atom is 0.336 e. The van der Waals surface area contributed by atoms with Gasteiger partial charge in [-0.15, -0.1) is 0 Å². The van der Waals surface area contributed by atoms with Gasteiger partial charge in [0.25, 0.3) is 0 Å². The number of carbonyl (C=O) groups is 1. The maximum atomic E-state index is 11.2. The molecule has 2 heterocycles. The third-order valence-corrected chi connectivity index (χ3v) is 2.95. The van der Waals surface area contributed by atoms with E-state index in [-0.39, 0.29) is 5.97 Å². The lowest BCUT2D eigenvalue weighted by Gasteiger charge is -2.22. The number of fused-ring (bicyclic) bond motifs is 1. The Morgan fingerprint density at radius 3 is 2.84 bits per heavy atom. The molecule has 0 aliphatic carbocycles. The van der Waals surface area contributed by atoms with Gasteiger partial charge in [0.2, 0.25) is 6.29 Å². The van der Waals surface area contributed by atoms with Crippen molar-refractivity contribution >= 4 is 16.9 Å². The minimum Gasteiger partial charge on any atom is -0.455 e. The summed E-state index contributed by atoms with van der Waals surface area (Å²) in [6.07, 6.45) is 1.30. The van der Waals surface area contributed by atoms with Crippen molar-refractivity contribution in [2.75, 3.05) is 0 Å². The molecule has 98 valence electrons. The molecule has 0 spiro atoms. The summed E-state index contributed by atoms with van der Waals surface area (Å²) >= 11 is 0. The molecule has 0 N–H and O–H groups in total. The standard InChI is InChI=1S/C14H12O5/c15-12-2-1-3-14(19-12)17-10-6-4-9-5-7-13(16)18-11(9)8-10/h4-8,14H,1-3H2. The molecule has 1 aliphatic rings. The molecule has 19 heavy (non-hydrogen) atoms. The molecule has 1 atom stereocenters. The van der Waals surface area contributed by atoms with E-state index in [1.165, 1.54) is 6.07 Å². The lowest BCUT2D eigenvalue weighted by Crippen LogP contribution is -2.28. The van der Waals surface area contributed by atoms with Crippen LogP contribution in [0.1, 0.15) is 19.3 Å². The summed E-state index contributed by atoms with van der Waals surface area (Å²) in [5.41, 5.74) is 0.0425. The van der Waals surface area contributed by atoms with Crippen molar-refractivity contribution in [3.63, 3.8) is 0 Å². The molecule has 1 fully saturated rings. The highest BCUT2D eigenvalue weighted by molar-refractivity contribution is 5.77. The average Bonchev–Trinajstić information content (AvgIpc) is 2.38. The second-order valence-electron chi connectivity index (χ2n) is 4.38. The molecule has 1 aromatic carbocycles. The SMILES string of the molecule is O=C1CCCC(Oc2ccc3ccc(=O)oc3c2)O1. The van der Waals surface area contributed by atoms with E-state index >= 15 is 0 Å². The Morgan fingerprint density at radius 2 is 2.00 bits per heavy atom. The molecule has 0 amide bonds. The van der Waals surface area contributed by atoms with Crippen LogP contribution < -0.4 is 10.4 Å². The summed E-state index contributed by atoms with van der Waals surface area (Å²) < 4.78 is 15.7. The third-order valence-electron chi connectivity index (χ3n) is 2.95. The number of hydrogen-bond acceptors (Lipinski definition) is 5. The van der Waals surface area contributed by atoms with Crippen LogP contribution in [0.3, 0.4) is 0 Å². The number of benzene rings is 1. The van der Waals surface area contributed by atoms with E-state index in [0.29, 0.717) is 24.2 Å². The van der Waals surface area contributed by atoms with E-state index in [0.717, 1.165) is 11.8 Å². The van der Waals surface area contributed by atoms with Crippen molar-refractivity contribution in [3.05, 3.63) is 40.8 Å². The zero-order chi connectivity index (χ0) is 13.2. The van der Waals surface area contributed by atoms with E-state index in [2.05, 4.69) is 0 Å². The van der Waals surface area contributed by atoms with Gasteiger partial charge < -0.3 is 13.9 Å². The average molecular weight is 260 g/mol. The predicted molar refractivity (Wildman–Crippen MR) is 66.8 cm³/mol. The van der Waals surface area contributed by atoms with Gasteiger partial charge >= 0.3 is 11.6 Å². The fourth-order valence-electron chi connectivity index (χ4n) is 2.03. The first-order valence-electron chi connectivity index (χ1n) is 6.11.